The standard InChI is InChI=1S/C14H23NO4/c1-5-18-11(16)14(8-10(14)9-6-7-9)15-12(17)19-13(2,3)4/h9-10H,5-8H2,1-4H3,(H,15,17). The highest BCUT2D eigenvalue weighted by Gasteiger charge is 2.67. The third-order valence-corrected chi connectivity index (χ3v) is 3.57. The molecule has 19 heavy (non-hydrogen) atoms. The van der Waals surface area contributed by atoms with Crippen LogP contribution >= 0.6 is 0 Å². The first-order valence-electron chi connectivity index (χ1n) is 6.97. The van der Waals surface area contributed by atoms with Crippen LogP contribution in [0, 0.1) is 11.8 Å². The molecular weight excluding hydrogens is 246 g/mol. The molecular formula is C14H23NO4. The quantitative estimate of drug-likeness (QED) is 0.795. The fourth-order valence-electron chi connectivity index (χ4n) is 2.53. The molecule has 0 aromatic rings. The molecule has 2 fully saturated rings. The maximum atomic E-state index is 12.1. The van der Waals surface area contributed by atoms with E-state index in [1.165, 1.54) is 0 Å². The van der Waals surface area contributed by atoms with E-state index in [1.54, 1.807) is 27.7 Å². The lowest BCUT2D eigenvalue weighted by Crippen LogP contribution is -2.48. The summed E-state index contributed by atoms with van der Waals surface area (Å²) in [5.41, 5.74) is -1.40. The van der Waals surface area contributed by atoms with E-state index in [-0.39, 0.29) is 11.9 Å². The van der Waals surface area contributed by atoms with Crippen molar-refractivity contribution >= 4 is 12.1 Å². The number of amides is 1. The second kappa shape index (κ2) is 4.69. The molecule has 0 bridgehead atoms. The number of hydrogen-bond donors (Lipinski definition) is 1. The van der Waals surface area contributed by atoms with E-state index in [0.29, 0.717) is 18.9 Å². The van der Waals surface area contributed by atoms with Gasteiger partial charge in [0, 0.05) is 0 Å². The number of carbonyl (C=O) groups excluding carboxylic acids is 2. The first kappa shape index (κ1) is 14.2. The normalized spacial score (nSPS) is 29.6. The lowest BCUT2D eigenvalue weighted by atomic mass is 10.1. The molecule has 0 aliphatic heterocycles. The minimum Gasteiger partial charge on any atom is -0.464 e. The molecule has 2 atom stereocenters. The van der Waals surface area contributed by atoms with Gasteiger partial charge in [-0.3, -0.25) is 0 Å². The van der Waals surface area contributed by atoms with E-state index < -0.39 is 17.2 Å². The second-order valence-electron chi connectivity index (χ2n) is 6.47. The Morgan fingerprint density at radius 3 is 2.42 bits per heavy atom. The number of hydrogen-bond acceptors (Lipinski definition) is 4. The monoisotopic (exact) mass is 269 g/mol. The number of alkyl carbamates (subject to hydrolysis) is 1. The zero-order chi connectivity index (χ0) is 14.3. The van der Waals surface area contributed by atoms with Gasteiger partial charge in [-0.15, -0.1) is 0 Å². The Morgan fingerprint density at radius 1 is 1.32 bits per heavy atom. The van der Waals surface area contributed by atoms with Crippen molar-refractivity contribution in [2.45, 2.75) is 58.1 Å². The van der Waals surface area contributed by atoms with E-state index in [2.05, 4.69) is 5.32 Å². The van der Waals surface area contributed by atoms with Crippen molar-refractivity contribution in [3.8, 4) is 0 Å². The Bertz CT molecular complexity index is 383. The summed E-state index contributed by atoms with van der Waals surface area (Å²) in [7, 11) is 0. The first-order valence-corrected chi connectivity index (χ1v) is 6.97. The third-order valence-electron chi connectivity index (χ3n) is 3.57. The summed E-state index contributed by atoms with van der Waals surface area (Å²) in [5, 5.41) is 2.74. The van der Waals surface area contributed by atoms with Crippen molar-refractivity contribution in [1.82, 2.24) is 5.32 Å². The van der Waals surface area contributed by atoms with Gasteiger partial charge in [-0.2, -0.15) is 0 Å². The van der Waals surface area contributed by atoms with Crippen molar-refractivity contribution in [1.29, 1.82) is 0 Å². The molecule has 2 aliphatic carbocycles. The number of esters is 1. The molecule has 0 spiro atoms. The molecule has 0 heterocycles. The number of rotatable bonds is 4. The fourth-order valence-corrected chi connectivity index (χ4v) is 2.53. The van der Waals surface area contributed by atoms with Gasteiger partial charge in [0.2, 0.25) is 0 Å². The van der Waals surface area contributed by atoms with E-state index in [9.17, 15) is 9.59 Å². The number of nitrogens with one attached hydrogen (secondary N) is 1. The molecule has 1 amide bonds. The molecule has 5 nitrogen and oxygen atoms in total. The molecule has 108 valence electrons. The molecule has 2 rings (SSSR count). The largest absolute Gasteiger partial charge is 0.464 e. The van der Waals surface area contributed by atoms with Crippen molar-refractivity contribution in [2.24, 2.45) is 11.8 Å². The first-order chi connectivity index (χ1) is 8.78. The van der Waals surface area contributed by atoms with Gasteiger partial charge in [0.15, 0.2) is 0 Å². The van der Waals surface area contributed by atoms with Gasteiger partial charge in [0.25, 0.3) is 0 Å². The van der Waals surface area contributed by atoms with Crippen LogP contribution in [0.5, 0.6) is 0 Å². The molecule has 2 aliphatic rings. The maximum absolute atomic E-state index is 12.1. The Labute approximate surface area is 114 Å². The molecule has 0 radical (unpaired) electrons. The van der Waals surface area contributed by atoms with Crippen molar-refractivity contribution in [2.75, 3.05) is 6.61 Å². The Kier molecular flexibility index (Phi) is 3.49. The lowest BCUT2D eigenvalue weighted by molar-refractivity contribution is -0.147. The van der Waals surface area contributed by atoms with Crippen LogP contribution in [0.4, 0.5) is 4.79 Å². The van der Waals surface area contributed by atoms with Crippen LogP contribution in [0.3, 0.4) is 0 Å². The van der Waals surface area contributed by atoms with Gasteiger partial charge in [0.05, 0.1) is 6.61 Å². The van der Waals surface area contributed by atoms with Crippen LogP contribution < -0.4 is 5.32 Å². The van der Waals surface area contributed by atoms with E-state index in [1.807, 2.05) is 0 Å². The van der Waals surface area contributed by atoms with Crippen LogP contribution in [0.15, 0.2) is 0 Å². The molecule has 0 aromatic heterocycles. The zero-order valence-corrected chi connectivity index (χ0v) is 12.1. The number of ether oxygens (including phenoxy) is 2. The van der Waals surface area contributed by atoms with Crippen LogP contribution in [0.1, 0.15) is 47.0 Å². The Balaban J connectivity index is 1.99. The average Bonchev–Trinajstić information content (AvgIpc) is 3.07. The zero-order valence-electron chi connectivity index (χ0n) is 12.1. The average molecular weight is 269 g/mol. The summed E-state index contributed by atoms with van der Waals surface area (Å²) in [4.78, 5) is 23.9. The smallest absolute Gasteiger partial charge is 0.408 e. The number of carbonyl (C=O) groups is 2. The van der Waals surface area contributed by atoms with Crippen molar-refractivity contribution < 1.29 is 19.1 Å². The highest BCUT2D eigenvalue weighted by molar-refractivity contribution is 5.89. The van der Waals surface area contributed by atoms with E-state index in [0.717, 1.165) is 12.8 Å². The highest BCUT2D eigenvalue weighted by Crippen LogP contribution is 2.57. The third kappa shape index (κ3) is 3.19. The van der Waals surface area contributed by atoms with Crippen LogP contribution in [-0.4, -0.2) is 29.8 Å². The summed E-state index contributed by atoms with van der Waals surface area (Å²) >= 11 is 0. The van der Waals surface area contributed by atoms with Gasteiger partial charge in [0.1, 0.15) is 11.1 Å². The van der Waals surface area contributed by atoms with Crippen LogP contribution in [0.2, 0.25) is 0 Å². The topological polar surface area (TPSA) is 64.6 Å². The molecule has 5 heteroatoms. The fraction of sp³-hybridized carbons (Fsp3) is 0.857. The molecule has 1 N–H and O–H groups in total. The molecule has 2 saturated carbocycles. The Morgan fingerprint density at radius 2 is 1.95 bits per heavy atom. The van der Waals surface area contributed by atoms with Crippen LogP contribution in [0.25, 0.3) is 0 Å². The lowest BCUT2D eigenvalue weighted by Gasteiger charge is -2.23. The summed E-state index contributed by atoms with van der Waals surface area (Å²) in [6.45, 7) is 7.50. The Hall–Kier alpha value is -1.26. The van der Waals surface area contributed by atoms with E-state index in [4.69, 9.17) is 9.47 Å². The predicted molar refractivity (Wildman–Crippen MR) is 69.6 cm³/mol. The van der Waals surface area contributed by atoms with Gasteiger partial charge >= 0.3 is 12.1 Å². The molecule has 2 unspecified atom stereocenters. The summed E-state index contributed by atoms with van der Waals surface area (Å²) in [6, 6.07) is 0. The highest BCUT2D eigenvalue weighted by atomic mass is 16.6. The SMILES string of the molecule is CCOC(=O)C1(NC(=O)OC(C)(C)C)CC1C1CC1. The minimum atomic E-state index is -0.834. The second-order valence-corrected chi connectivity index (χ2v) is 6.47. The van der Waals surface area contributed by atoms with Crippen molar-refractivity contribution in [3.05, 3.63) is 0 Å². The molecule has 0 aromatic carbocycles. The van der Waals surface area contributed by atoms with Gasteiger partial charge < -0.3 is 14.8 Å². The summed E-state index contributed by atoms with van der Waals surface area (Å²) in [5.74, 6) is 0.455. The molecule has 0 saturated heterocycles. The van der Waals surface area contributed by atoms with E-state index >= 15 is 0 Å². The van der Waals surface area contributed by atoms with Gasteiger partial charge in [-0.05, 0) is 58.8 Å². The van der Waals surface area contributed by atoms with Gasteiger partial charge in [-0.25, -0.2) is 9.59 Å². The van der Waals surface area contributed by atoms with Gasteiger partial charge in [-0.1, -0.05) is 0 Å². The van der Waals surface area contributed by atoms with Crippen molar-refractivity contribution in [3.63, 3.8) is 0 Å². The minimum absolute atomic E-state index is 0.221. The van der Waals surface area contributed by atoms with Crippen LogP contribution in [-0.2, 0) is 14.3 Å². The summed E-state index contributed by atoms with van der Waals surface area (Å²) in [6.07, 6.45) is 2.42. The summed E-state index contributed by atoms with van der Waals surface area (Å²) < 4.78 is 10.3. The predicted octanol–water partition coefficient (Wildman–Crippen LogP) is 2.24. The maximum Gasteiger partial charge on any atom is 0.408 e.